The van der Waals surface area contributed by atoms with Crippen molar-refractivity contribution in [2.45, 2.75) is 25.3 Å². The van der Waals surface area contributed by atoms with Crippen molar-refractivity contribution in [3.63, 3.8) is 0 Å². The Kier molecular flexibility index (Phi) is 3.88. The molecule has 20 heavy (non-hydrogen) atoms. The first-order valence-corrected chi connectivity index (χ1v) is 7.68. The molecule has 0 heterocycles. The number of fused-ring (bicyclic) bond motifs is 1. The van der Waals surface area contributed by atoms with Crippen LogP contribution in [0, 0.1) is 0 Å². The Morgan fingerprint density at radius 1 is 1.10 bits per heavy atom. The van der Waals surface area contributed by atoms with Crippen LogP contribution in [-0.2, 0) is 6.42 Å². The fourth-order valence-electron chi connectivity index (χ4n) is 2.79. The summed E-state index contributed by atoms with van der Waals surface area (Å²) in [7, 11) is 0. The van der Waals surface area contributed by atoms with Crippen molar-refractivity contribution in [2.75, 3.05) is 0 Å². The SMILES string of the molecule is O=C(N[C@@H]1CCCc2ccccc21)c1ccccc1Br. The van der Waals surface area contributed by atoms with Crippen LogP contribution in [0.5, 0.6) is 0 Å². The largest absolute Gasteiger partial charge is 0.345 e. The van der Waals surface area contributed by atoms with Gasteiger partial charge in [-0.15, -0.1) is 0 Å². The van der Waals surface area contributed by atoms with E-state index in [4.69, 9.17) is 0 Å². The molecule has 2 aromatic rings. The summed E-state index contributed by atoms with van der Waals surface area (Å²) in [5.74, 6) is -0.0146. The Hall–Kier alpha value is -1.61. The Labute approximate surface area is 127 Å². The molecule has 0 bridgehead atoms. The number of nitrogens with one attached hydrogen (secondary N) is 1. The number of hydrogen-bond donors (Lipinski definition) is 1. The van der Waals surface area contributed by atoms with E-state index in [1.165, 1.54) is 11.1 Å². The second kappa shape index (κ2) is 5.80. The van der Waals surface area contributed by atoms with Gasteiger partial charge in [-0.25, -0.2) is 0 Å². The molecule has 1 N–H and O–H groups in total. The molecule has 1 aliphatic carbocycles. The highest BCUT2D eigenvalue weighted by Crippen LogP contribution is 2.30. The van der Waals surface area contributed by atoms with E-state index >= 15 is 0 Å². The van der Waals surface area contributed by atoms with E-state index in [0.717, 1.165) is 23.7 Å². The maximum absolute atomic E-state index is 12.4. The first kappa shape index (κ1) is 13.4. The number of carbonyl (C=O) groups is 1. The van der Waals surface area contributed by atoms with E-state index in [1.54, 1.807) is 0 Å². The number of halogens is 1. The summed E-state index contributed by atoms with van der Waals surface area (Å²) in [6, 6.07) is 16.0. The molecule has 102 valence electrons. The molecule has 2 aromatic carbocycles. The predicted molar refractivity (Wildman–Crippen MR) is 83.7 cm³/mol. The van der Waals surface area contributed by atoms with E-state index in [-0.39, 0.29) is 11.9 Å². The van der Waals surface area contributed by atoms with Gasteiger partial charge in [0, 0.05) is 4.47 Å². The van der Waals surface area contributed by atoms with Crippen LogP contribution in [-0.4, -0.2) is 5.91 Å². The number of amides is 1. The first-order chi connectivity index (χ1) is 9.75. The molecule has 1 amide bonds. The lowest BCUT2D eigenvalue weighted by Crippen LogP contribution is -2.31. The van der Waals surface area contributed by atoms with Gasteiger partial charge < -0.3 is 5.32 Å². The molecule has 0 fully saturated rings. The van der Waals surface area contributed by atoms with Crippen LogP contribution in [0.2, 0.25) is 0 Å². The highest BCUT2D eigenvalue weighted by molar-refractivity contribution is 9.10. The van der Waals surface area contributed by atoms with Gasteiger partial charge in [0.1, 0.15) is 0 Å². The molecular weight excluding hydrogens is 314 g/mol. The molecule has 1 atom stereocenters. The Bertz CT molecular complexity index is 638. The second-order valence-corrected chi connectivity index (χ2v) is 5.95. The first-order valence-electron chi connectivity index (χ1n) is 6.89. The normalized spacial score (nSPS) is 17.4. The van der Waals surface area contributed by atoms with Gasteiger partial charge in [0.15, 0.2) is 0 Å². The zero-order chi connectivity index (χ0) is 13.9. The van der Waals surface area contributed by atoms with Crippen molar-refractivity contribution in [2.24, 2.45) is 0 Å². The van der Waals surface area contributed by atoms with Gasteiger partial charge in [-0.05, 0) is 58.5 Å². The standard InChI is InChI=1S/C17H16BrNO/c18-15-10-4-3-9-14(15)17(20)19-16-11-5-7-12-6-1-2-8-13(12)16/h1-4,6,8-10,16H,5,7,11H2,(H,19,20)/t16-/m1/s1. The van der Waals surface area contributed by atoms with E-state index in [9.17, 15) is 4.79 Å². The number of hydrogen-bond acceptors (Lipinski definition) is 1. The summed E-state index contributed by atoms with van der Waals surface area (Å²) in [6.45, 7) is 0. The highest BCUT2D eigenvalue weighted by Gasteiger charge is 2.22. The van der Waals surface area contributed by atoms with Crippen LogP contribution in [0.25, 0.3) is 0 Å². The number of aryl methyl sites for hydroxylation is 1. The van der Waals surface area contributed by atoms with Gasteiger partial charge in [0.2, 0.25) is 0 Å². The molecule has 1 aliphatic rings. The van der Waals surface area contributed by atoms with Crippen molar-refractivity contribution in [3.8, 4) is 0 Å². The minimum absolute atomic E-state index is 0.0146. The van der Waals surface area contributed by atoms with Gasteiger partial charge in [0.25, 0.3) is 5.91 Å². The summed E-state index contributed by atoms with van der Waals surface area (Å²) >= 11 is 3.43. The van der Waals surface area contributed by atoms with Crippen LogP contribution in [0.3, 0.4) is 0 Å². The molecular formula is C17H16BrNO. The molecule has 0 unspecified atom stereocenters. The molecule has 0 aliphatic heterocycles. The number of rotatable bonds is 2. The summed E-state index contributed by atoms with van der Waals surface area (Å²) in [5, 5.41) is 3.16. The molecule has 0 radical (unpaired) electrons. The van der Waals surface area contributed by atoms with E-state index < -0.39 is 0 Å². The van der Waals surface area contributed by atoms with E-state index in [2.05, 4.69) is 39.4 Å². The summed E-state index contributed by atoms with van der Waals surface area (Å²) in [4.78, 5) is 12.4. The van der Waals surface area contributed by atoms with Crippen LogP contribution >= 0.6 is 15.9 Å². The van der Waals surface area contributed by atoms with Crippen molar-refractivity contribution in [3.05, 3.63) is 69.7 Å². The third-order valence-electron chi connectivity index (χ3n) is 3.79. The van der Waals surface area contributed by atoms with Gasteiger partial charge in [0.05, 0.1) is 11.6 Å². The van der Waals surface area contributed by atoms with Crippen molar-refractivity contribution < 1.29 is 4.79 Å². The monoisotopic (exact) mass is 329 g/mol. The molecule has 0 saturated carbocycles. The maximum Gasteiger partial charge on any atom is 0.252 e. The summed E-state index contributed by atoms with van der Waals surface area (Å²) in [6.07, 6.45) is 3.24. The minimum Gasteiger partial charge on any atom is -0.345 e. The predicted octanol–water partition coefficient (Wildman–Crippen LogP) is 4.26. The van der Waals surface area contributed by atoms with Gasteiger partial charge >= 0.3 is 0 Å². The fourth-order valence-corrected chi connectivity index (χ4v) is 3.25. The highest BCUT2D eigenvalue weighted by atomic mass is 79.9. The fraction of sp³-hybridized carbons (Fsp3) is 0.235. The van der Waals surface area contributed by atoms with Crippen molar-refractivity contribution in [1.82, 2.24) is 5.32 Å². The Morgan fingerprint density at radius 3 is 2.70 bits per heavy atom. The lowest BCUT2D eigenvalue weighted by Gasteiger charge is -2.26. The lowest BCUT2D eigenvalue weighted by molar-refractivity contribution is 0.0932. The van der Waals surface area contributed by atoms with E-state index in [0.29, 0.717) is 5.56 Å². The zero-order valence-corrected chi connectivity index (χ0v) is 12.7. The van der Waals surface area contributed by atoms with Gasteiger partial charge in [-0.3, -0.25) is 4.79 Å². The average molecular weight is 330 g/mol. The third-order valence-corrected chi connectivity index (χ3v) is 4.48. The Balaban J connectivity index is 1.83. The van der Waals surface area contributed by atoms with Crippen LogP contribution in [0.15, 0.2) is 53.0 Å². The molecule has 0 saturated heterocycles. The number of benzene rings is 2. The topological polar surface area (TPSA) is 29.1 Å². The zero-order valence-electron chi connectivity index (χ0n) is 11.1. The molecule has 3 heteroatoms. The quantitative estimate of drug-likeness (QED) is 0.876. The molecule has 0 aromatic heterocycles. The van der Waals surface area contributed by atoms with Crippen molar-refractivity contribution >= 4 is 21.8 Å². The van der Waals surface area contributed by atoms with Crippen LogP contribution in [0.4, 0.5) is 0 Å². The third kappa shape index (κ3) is 2.63. The van der Waals surface area contributed by atoms with Crippen LogP contribution < -0.4 is 5.32 Å². The van der Waals surface area contributed by atoms with Gasteiger partial charge in [-0.2, -0.15) is 0 Å². The second-order valence-electron chi connectivity index (χ2n) is 5.10. The van der Waals surface area contributed by atoms with E-state index in [1.807, 2.05) is 30.3 Å². The smallest absolute Gasteiger partial charge is 0.252 e. The minimum atomic E-state index is -0.0146. The molecule has 2 nitrogen and oxygen atoms in total. The summed E-state index contributed by atoms with van der Waals surface area (Å²) < 4.78 is 0.835. The molecule has 0 spiro atoms. The lowest BCUT2D eigenvalue weighted by atomic mass is 9.87. The number of carbonyl (C=O) groups excluding carboxylic acids is 1. The van der Waals surface area contributed by atoms with Crippen LogP contribution in [0.1, 0.15) is 40.4 Å². The average Bonchev–Trinajstić information content (AvgIpc) is 2.48. The molecule has 3 rings (SSSR count). The van der Waals surface area contributed by atoms with Crippen molar-refractivity contribution in [1.29, 1.82) is 0 Å². The summed E-state index contributed by atoms with van der Waals surface area (Å²) in [5.41, 5.74) is 3.31. The van der Waals surface area contributed by atoms with Gasteiger partial charge in [-0.1, -0.05) is 36.4 Å². The Morgan fingerprint density at radius 2 is 1.85 bits per heavy atom. The maximum atomic E-state index is 12.4.